The highest BCUT2D eigenvalue weighted by molar-refractivity contribution is 6.04. The van der Waals surface area contributed by atoms with Gasteiger partial charge in [-0.15, -0.1) is 0 Å². The van der Waals surface area contributed by atoms with Crippen molar-refractivity contribution in [3.63, 3.8) is 0 Å². The summed E-state index contributed by atoms with van der Waals surface area (Å²) in [4.78, 5) is 17.7. The first-order valence-electron chi connectivity index (χ1n) is 9.99. The second-order valence-corrected chi connectivity index (χ2v) is 7.33. The van der Waals surface area contributed by atoms with Crippen LogP contribution in [0, 0.1) is 18.3 Å². The SMILES string of the molecule is Cc1cccc(Cn2cc3c(-c4ccncn4)c(-c4ccccc4C#N)nc(N)c3n2)n1. The van der Waals surface area contributed by atoms with Crippen LogP contribution in [0.1, 0.15) is 17.0 Å². The molecule has 0 fully saturated rings. The van der Waals surface area contributed by atoms with Crippen LogP contribution < -0.4 is 5.73 Å². The molecule has 5 aromatic rings. The van der Waals surface area contributed by atoms with E-state index in [-0.39, 0.29) is 5.82 Å². The van der Waals surface area contributed by atoms with Crippen LogP contribution in [0.3, 0.4) is 0 Å². The number of nitriles is 1. The van der Waals surface area contributed by atoms with Crippen LogP contribution in [0.4, 0.5) is 5.82 Å². The summed E-state index contributed by atoms with van der Waals surface area (Å²) in [6.45, 7) is 2.44. The number of fused-ring (bicyclic) bond motifs is 1. The van der Waals surface area contributed by atoms with Gasteiger partial charge in [0.15, 0.2) is 5.82 Å². The molecule has 0 unspecified atom stereocenters. The Morgan fingerprint density at radius 1 is 1.06 bits per heavy atom. The molecule has 8 nitrogen and oxygen atoms in total. The number of pyridine rings is 2. The summed E-state index contributed by atoms with van der Waals surface area (Å²) in [6, 6.07) is 17.2. The quantitative estimate of drug-likeness (QED) is 0.472. The summed E-state index contributed by atoms with van der Waals surface area (Å²) >= 11 is 0. The van der Waals surface area contributed by atoms with Crippen molar-refractivity contribution in [2.75, 3.05) is 5.73 Å². The summed E-state index contributed by atoms with van der Waals surface area (Å²) in [5, 5.41) is 15.1. The van der Waals surface area contributed by atoms with Gasteiger partial charge < -0.3 is 5.73 Å². The third-order valence-electron chi connectivity index (χ3n) is 5.15. The lowest BCUT2D eigenvalue weighted by molar-refractivity contribution is 0.679. The molecule has 0 aliphatic carbocycles. The minimum Gasteiger partial charge on any atom is -0.382 e. The molecule has 8 heteroatoms. The molecule has 1 aromatic carbocycles. The van der Waals surface area contributed by atoms with Crippen molar-refractivity contribution in [2.45, 2.75) is 13.5 Å². The Hall–Kier alpha value is -4.64. The Bertz CT molecular complexity index is 1480. The van der Waals surface area contributed by atoms with E-state index in [1.165, 1.54) is 6.33 Å². The molecule has 0 aliphatic rings. The lowest BCUT2D eigenvalue weighted by Crippen LogP contribution is -2.03. The fourth-order valence-corrected chi connectivity index (χ4v) is 3.76. The van der Waals surface area contributed by atoms with Crippen LogP contribution in [0.5, 0.6) is 0 Å². The van der Waals surface area contributed by atoms with E-state index < -0.39 is 0 Å². The van der Waals surface area contributed by atoms with E-state index >= 15 is 0 Å². The third kappa shape index (κ3) is 3.42. The Morgan fingerprint density at radius 3 is 2.72 bits per heavy atom. The topological polar surface area (TPSA) is 119 Å². The van der Waals surface area contributed by atoms with E-state index in [4.69, 9.17) is 5.73 Å². The maximum Gasteiger partial charge on any atom is 0.152 e. The van der Waals surface area contributed by atoms with Gasteiger partial charge in [0.05, 0.1) is 35.3 Å². The molecular weight excluding hydrogens is 400 g/mol. The Kier molecular flexibility index (Phi) is 4.76. The molecule has 0 aliphatic heterocycles. The van der Waals surface area contributed by atoms with Gasteiger partial charge in [-0.25, -0.2) is 15.0 Å². The molecular formula is C24H18N8. The lowest BCUT2D eigenvalue weighted by atomic mass is 9.96. The minimum absolute atomic E-state index is 0.288. The van der Waals surface area contributed by atoms with Gasteiger partial charge in [-0.3, -0.25) is 9.67 Å². The largest absolute Gasteiger partial charge is 0.382 e. The first-order valence-corrected chi connectivity index (χ1v) is 9.99. The van der Waals surface area contributed by atoms with E-state index in [0.29, 0.717) is 34.6 Å². The van der Waals surface area contributed by atoms with E-state index in [0.717, 1.165) is 22.3 Å². The zero-order valence-corrected chi connectivity index (χ0v) is 17.3. The molecule has 0 amide bonds. The van der Waals surface area contributed by atoms with Crippen LogP contribution in [0.2, 0.25) is 0 Å². The van der Waals surface area contributed by atoms with Crippen LogP contribution in [-0.2, 0) is 6.54 Å². The second-order valence-electron chi connectivity index (χ2n) is 7.33. The lowest BCUT2D eigenvalue weighted by Gasteiger charge is -2.12. The number of nitrogens with zero attached hydrogens (tertiary/aromatic N) is 7. The molecule has 4 aromatic heterocycles. The monoisotopic (exact) mass is 418 g/mol. The van der Waals surface area contributed by atoms with Crippen molar-refractivity contribution in [1.29, 1.82) is 5.26 Å². The number of nitrogen functional groups attached to an aromatic ring is 1. The summed E-state index contributed by atoms with van der Waals surface area (Å²) in [6.07, 6.45) is 5.08. The van der Waals surface area contributed by atoms with Gasteiger partial charge in [0.2, 0.25) is 0 Å². The molecule has 154 valence electrons. The normalized spacial score (nSPS) is 10.9. The fraction of sp³-hybridized carbons (Fsp3) is 0.0833. The third-order valence-corrected chi connectivity index (χ3v) is 5.15. The summed E-state index contributed by atoms with van der Waals surface area (Å²) in [5.41, 5.74) is 12.0. The molecule has 0 radical (unpaired) electrons. The molecule has 5 rings (SSSR count). The fourth-order valence-electron chi connectivity index (χ4n) is 3.76. The number of benzene rings is 1. The summed E-state index contributed by atoms with van der Waals surface area (Å²) in [7, 11) is 0. The predicted molar refractivity (Wildman–Crippen MR) is 121 cm³/mol. The van der Waals surface area contributed by atoms with E-state index in [2.05, 4.69) is 31.1 Å². The van der Waals surface area contributed by atoms with Crippen molar-refractivity contribution in [3.8, 4) is 28.6 Å². The number of hydrogen-bond donors (Lipinski definition) is 1. The predicted octanol–water partition coefficient (Wildman–Crippen LogP) is 3.76. The Morgan fingerprint density at radius 2 is 1.94 bits per heavy atom. The van der Waals surface area contributed by atoms with E-state index in [1.807, 2.05) is 55.6 Å². The number of aryl methyl sites for hydroxylation is 1. The Labute approximate surface area is 184 Å². The van der Waals surface area contributed by atoms with Gasteiger partial charge in [-0.05, 0) is 31.2 Å². The zero-order valence-electron chi connectivity index (χ0n) is 17.3. The number of hydrogen-bond acceptors (Lipinski definition) is 7. The first-order chi connectivity index (χ1) is 15.6. The number of rotatable bonds is 4. The van der Waals surface area contributed by atoms with Crippen molar-refractivity contribution < 1.29 is 0 Å². The first kappa shape index (κ1) is 19.3. The van der Waals surface area contributed by atoms with Crippen molar-refractivity contribution in [3.05, 3.63) is 84.2 Å². The van der Waals surface area contributed by atoms with Crippen LogP contribution in [-0.4, -0.2) is 29.7 Å². The summed E-state index contributed by atoms with van der Waals surface area (Å²) < 4.78 is 1.80. The molecule has 0 spiro atoms. The number of nitrogens with two attached hydrogens (primary N) is 1. The van der Waals surface area contributed by atoms with Crippen molar-refractivity contribution in [1.82, 2.24) is 29.7 Å². The average Bonchev–Trinajstić information content (AvgIpc) is 3.23. The van der Waals surface area contributed by atoms with Crippen molar-refractivity contribution >= 4 is 16.7 Å². The molecule has 4 heterocycles. The van der Waals surface area contributed by atoms with Gasteiger partial charge in [-0.2, -0.15) is 10.4 Å². The maximum absolute atomic E-state index is 9.66. The van der Waals surface area contributed by atoms with Gasteiger partial charge in [0, 0.05) is 34.6 Å². The second kappa shape index (κ2) is 7.89. The standard InChI is InChI=1S/C24H18N8/c1-15-5-4-7-17(29-15)12-32-13-19-21(20-9-10-27-14-28-20)22(30-24(26)23(19)31-32)18-8-3-2-6-16(18)11-25/h2-10,13-14H,12H2,1H3,(H2,26,30). The molecule has 32 heavy (non-hydrogen) atoms. The Balaban J connectivity index is 1.77. The van der Waals surface area contributed by atoms with Gasteiger partial charge >= 0.3 is 0 Å². The van der Waals surface area contributed by atoms with Crippen molar-refractivity contribution in [2.24, 2.45) is 0 Å². The summed E-state index contributed by atoms with van der Waals surface area (Å²) in [5.74, 6) is 0.288. The number of aromatic nitrogens is 6. The smallest absolute Gasteiger partial charge is 0.152 e. The molecule has 0 bridgehead atoms. The highest BCUT2D eigenvalue weighted by Crippen LogP contribution is 2.38. The zero-order chi connectivity index (χ0) is 22.1. The maximum atomic E-state index is 9.66. The van der Waals surface area contributed by atoms with Gasteiger partial charge in [0.1, 0.15) is 11.8 Å². The van der Waals surface area contributed by atoms with Gasteiger partial charge in [-0.1, -0.05) is 24.3 Å². The van der Waals surface area contributed by atoms with E-state index in [1.54, 1.807) is 16.9 Å². The van der Waals surface area contributed by atoms with Crippen LogP contribution in [0.15, 0.2) is 67.3 Å². The average molecular weight is 418 g/mol. The van der Waals surface area contributed by atoms with Crippen LogP contribution in [0.25, 0.3) is 33.4 Å². The minimum atomic E-state index is 0.288. The van der Waals surface area contributed by atoms with Gasteiger partial charge in [0.25, 0.3) is 0 Å². The highest BCUT2D eigenvalue weighted by atomic mass is 15.3. The molecule has 0 saturated heterocycles. The molecule has 0 atom stereocenters. The molecule has 0 saturated carbocycles. The molecule has 2 N–H and O–H groups in total. The van der Waals surface area contributed by atoms with Crippen LogP contribution >= 0.6 is 0 Å². The highest BCUT2D eigenvalue weighted by Gasteiger charge is 2.21. The van der Waals surface area contributed by atoms with E-state index in [9.17, 15) is 5.26 Å². The number of anilines is 1.